The zero-order chi connectivity index (χ0) is 15.2. The lowest BCUT2D eigenvalue weighted by Crippen LogP contribution is -2.22. The monoisotopic (exact) mass is 304 g/mol. The quantitative estimate of drug-likeness (QED) is 0.805. The zero-order valence-electron chi connectivity index (χ0n) is 11.3. The Bertz CT molecular complexity index is 640. The number of rotatable bonds is 6. The van der Waals surface area contributed by atoms with Crippen molar-refractivity contribution < 1.29 is 18.7 Å². The van der Waals surface area contributed by atoms with Gasteiger partial charge in [-0.05, 0) is 23.1 Å². The highest BCUT2D eigenvalue weighted by atomic mass is 32.2. The van der Waals surface area contributed by atoms with Crippen LogP contribution in [0.5, 0.6) is 0 Å². The van der Waals surface area contributed by atoms with Gasteiger partial charge >= 0.3 is 5.97 Å². The Morgan fingerprint density at radius 3 is 2.29 bits per heavy atom. The molecule has 0 amide bonds. The van der Waals surface area contributed by atoms with E-state index in [0.717, 1.165) is 16.7 Å². The van der Waals surface area contributed by atoms with Crippen molar-refractivity contribution in [2.45, 2.75) is 18.1 Å². The molecule has 0 aliphatic carbocycles. The van der Waals surface area contributed by atoms with Crippen molar-refractivity contribution >= 4 is 17.0 Å². The van der Waals surface area contributed by atoms with E-state index in [-0.39, 0.29) is 12.8 Å². The van der Waals surface area contributed by atoms with E-state index < -0.39 is 22.3 Å². The summed E-state index contributed by atoms with van der Waals surface area (Å²) in [6.07, 6.45) is -0.0767. The molecule has 0 spiro atoms. The van der Waals surface area contributed by atoms with Gasteiger partial charge < -0.3 is 9.66 Å². The third kappa shape index (κ3) is 4.24. The fourth-order valence-corrected chi connectivity index (χ4v) is 2.86. The highest BCUT2D eigenvalue weighted by Gasteiger charge is 2.21. The van der Waals surface area contributed by atoms with Crippen molar-refractivity contribution in [3.63, 3.8) is 0 Å². The van der Waals surface area contributed by atoms with Gasteiger partial charge in [0.25, 0.3) is 0 Å². The van der Waals surface area contributed by atoms with Crippen LogP contribution in [0, 0.1) is 0 Å². The number of carbonyl (C=O) groups is 1. The number of hydrogen-bond acceptors (Lipinski definition) is 2. The summed E-state index contributed by atoms with van der Waals surface area (Å²) >= 11 is -2.17. The topological polar surface area (TPSA) is 74.6 Å². The molecule has 0 fully saturated rings. The molecule has 5 heteroatoms. The molecule has 0 bridgehead atoms. The first kappa shape index (κ1) is 15.4. The molecule has 0 aromatic heterocycles. The Hall–Kier alpha value is -1.98. The fraction of sp³-hybridized carbons (Fsp3) is 0.188. The van der Waals surface area contributed by atoms with E-state index in [2.05, 4.69) is 0 Å². The van der Waals surface area contributed by atoms with E-state index in [1.165, 1.54) is 0 Å². The van der Waals surface area contributed by atoms with Crippen LogP contribution in [-0.2, 0) is 22.3 Å². The first-order valence-electron chi connectivity index (χ1n) is 6.52. The van der Waals surface area contributed by atoms with Crippen molar-refractivity contribution in [2.75, 3.05) is 0 Å². The van der Waals surface area contributed by atoms with Crippen LogP contribution >= 0.6 is 0 Å². The molecule has 21 heavy (non-hydrogen) atoms. The second kappa shape index (κ2) is 7.15. The highest BCUT2D eigenvalue weighted by molar-refractivity contribution is 7.79. The Morgan fingerprint density at radius 2 is 1.67 bits per heavy atom. The highest BCUT2D eigenvalue weighted by Crippen LogP contribution is 2.25. The van der Waals surface area contributed by atoms with Crippen molar-refractivity contribution in [2.24, 2.45) is 0 Å². The third-order valence-electron chi connectivity index (χ3n) is 3.24. The molecular weight excluding hydrogens is 288 g/mol. The van der Waals surface area contributed by atoms with E-state index in [0.29, 0.717) is 0 Å². The summed E-state index contributed by atoms with van der Waals surface area (Å²) in [6, 6.07) is 17.2. The second-order valence-electron chi connectivity index (χ2n) is 4.72. The molecule has 0 aliphatic rings. The smallest absolute Gasteiger partial charge is 0.304 e. The van der Waals surface area contributed by atoms with Crippen LogP contribution in [0.15, 0.2) is 54.6 Å². The van der Waals surface area contributed by atoms with E-state index in [4.69, 9.17) is 5.11 Å². The van der Waals surface area contributed by atoms with Crippen LogP contribution in [-0.4, -0.2) is 25.1 Å². The van der Waals surface area contributed by atoms with Gasteiger partial charge in [0.2, 0.25) is 0 Å². The predicted molar refractivity (Wildman–Crippen MR) is 82.4 cm³/mol. The maximum absolute atomic E-state index is 11.3. The Balaban J connectivity index is 2.32. The number of carboxylic acids is 1. The van der Waals surface area contributed by atoms with Gasteiger partial charge in [0.15, 0.2) is 11.1 Å². The van der Waals surface area contributed by atoms with Gasteiger partial charge in [0.1, 0.15) is 0 Å². The molecule has 0 heterocycles. The molecule has 2 aromatic rings. The third-order valence-corrected chi connectivity index (χ3v) is 4.14. The van der Waals surface area contributed by atoms with E-state index in [1.807, 2.05) is 54.6 Å². The van der Waals surface area contributed by atoms with Crippen LogP contribution in [0.4, 0.5) is 0 Å². The van der Waals surface area contributed by atoms with Crippen LogP contribution in [0.25, 0.3) is 11.1 Å². The van der Waals surface area contributed by atoms with E-state index in [9.17, 15) is 13.6 Å². The van der Waals surface area contributed by atoms with Gasteiger partial charge in [-0.15, -0.1) is 0 Å². The maximum atomic E-state index is 11.3. The van der Waals surface area contributed by atoms with Gasteiger partial charge in [-0.1, -0.05) is 54.6 Å². The Morgan fingerprint density at radius 1 is 1.05 bits per heavy atom. The van der Waals surface area contributed by atoms with Crippen LogP contribution in [0.2, 0.25) is 0 Å². The summed E-state index contributed by atoms with van der Waals surface area (Å²) in [5.41, 5.74) is 2.84. The number of hydrogen-bond donors (Lipinski definition) is 2. The Labute approximate surface area is 125 Å². The van der Waals surface area contributed by atoms with Crippen molar-refractivity contribution in [1.82, 2.24) is 0 Å². The average molecular weight is 304 g/mol. The van der Waals surface area contributed by atoms with Crippen LogP contribution in [0.3, 0.4) is 0 Å². The van der Waals surface area contributed by atoms with Gasteiger partial charge in [-0.25, -0.2) is 4.21 Å². The molecule has 4 nitrogen and oxygen atoms in total. The minimum Gasteiger partial charge on any atom is -0.481 e. The summed E-state index contributed by atoms with van der Waals surface area (Å²) < 4.78 is 20.6. The van der Waals surface area contributed by atoms with Gasteiger partial charge in [0, 0.05) is 0 Å². The molecular formula is C16H16O4S. The number of aliphatic carboxylic acids is 1. The zero-order valence-corrected chi connectivity index (χ0v) is 12.1. The van der Waals surface area contributed by atoms with Gasteiger partial charge in [-0.3, -0.25) is 4.79 Å². The lowest BCUT2D eigenvalue weighted by Gasteiger charge is -2.14. The molecule has 0 radical (unpaired) electrons. The molecule has 2 rings (SSSR count). The average Bonchev–Trinajstić information content (AvgIpc) is 2.47. The summed E-state index contributed by atoms with van der Waals surface area (Å²) in [7, 11) is 0. The number of benzene rings is 2. The minimum absolute atomic E-state index is 0.250. The molecule has 110 valence electrons. The Kier molecular flexibility index (Phi) is 5.25. The van der Waals surface area contributed by atoms with Crippen molar-refractivity contribution in [1.29, 1.82) is 0 Å². The minimum atomic E-state index is -2.17. The molecule has 2 N–H and O–H groups in total. The van der Waals surface area contributed by atoms with Crippen molar-refractivity contribution in [3.05, 3.63) is 60.2 Å². The maximum Gasteiger partial charge on any atom is 0.304 e. The van der Waals surface area contributed by atoms with Crippen LogP contribution in [0.1, 0.15) is 12.0 Å². The van der Waals surface area contributed by atoms with Crippen molar-refractivity contribution in [3.8, 4) is 11.1 Å². The van der Waals surface area contributed by atoms with Gasteiger partial charge in [-0.2, -0.15) is 0 Å². The SMILES string of the molecule is O=C(O)CC(Cc1ccccc1-c1ccccc1)S(=O)O. The van der Waals surface area contributed by atoms with E-state index in [1.54, 1.807) is 0 Å². The molecule has 2 unspecified atom stereocenters. The number of carboxylic acid groups (broad SMARTS) is 1. The lowest BCUT2D eigenvalue weighted by molar-refractivity contribution is -0.137. The summed E-state index contributed by atoms with van der Waals surface area (Å²) in [5, 5.41) is 8.04. The lowest BCUT2D eigenvalue weighted by atomic mass is 9.96. The first-order valence-corrected chi connectivity index (χ1v) is 7.69. The molecule has 0 saturated carbocycles. The van der Waals surface area contributed by atoms with Crippen LogP contribution < -0.4 is 0 Å². The normalized spacial score (nSPS) is 13.6. The summed E-state index contributed by atoms with van der Waals surface area (Å²) in [4.78, 5) is 10.8. The summed E-state index contributed by atoms with van der Waals surface area (Å²) in [6.45, 7) is 0. The molecule has 0 aliphatic heterocycles. The summed E-state index contributed by atoms with van der Waals surface area (Å²) in [5.74, 6) is -1.07. The molecule has 2 atom stereocenters. The largest absolute Gasteiger partial charge is 0.481 e. The van der Waals surface area contributed by atoms with Gasteiger partial charge in [0.05, 0.1) is 11.7 Å². The fourth-order valence-electron chi connectivity index (χ4n) is 2.25. The first-order chi connectivity index (χ1) is 10.1. The molecule has 0 saturated heterocycles. The van der Waals surface area contributed by atoms with E-state index >= 15 is 0 Å². The second-order valence-corrected chi connectivity index (χ2v) is 5.94. The molecule has 2 aromatic carbocycles. The predicted octanol–water partition coefficient (Wildman–Crippen LogP) is 2.96. The standard InChI is InChI=1S/C16H16O4S/c17-16(18)11-14(21(19)20)10-13-8-4-5-9-15(13)12-6-2-1-3-7-12/h1-9,14H,10-11H2,(H,17,18)(H,19,20).